The van der Waals surface area contributed by atoms with Crippen molar-refractivity contribution in [2.75, 3.05) is 0 Å². The van der Waals surface area contributed by atoms with Crippen LogP contribution in [0.3, 0.4) is 0 Å². The van der Waals surface area contributed by atoms with E-state index in [0.29, 0.717) is 5.76 Å². The van der Waals surface area contributed by atoms with Gasteiger partial charge >= 0.3 is 5.91 Å². The highest BCUT2D eigenvalue weighted by Gasteiger charge is 2.10. The van der Waals surface area contributed by atoms with Gasteiger partial charge in [-0.1, -0.05) is 0 Å². The number of carbonyl (C=O) groups is 1. The molecule has 0 saturated heterocycles. The van der Waals surface area contributed by atoms with Gasteiger partial charge in [-0.3, -0.25) is 4.79 Å². The van der Waals surface area contributed by atoms with E-state index >= 15 is 0 Å². The van der Waals surface area contributed by atoms with Gasteiger partial charge in [-0.15, -0.1) is 0 Å². The molecule has 122 valence electrons. The first-order chi connectivity index (χ1) is 10.9. The van der Waals surface area contributed by atoms with Crippen molar-refractivity contribution in [2.45, 2.75) is 26.9 Å². The lowest BCUT2D eigenvalue weighted by Crippen LogP contribution is -2.16. The van der Waals surface area contributed by atoms with E-state index in [4.69, 9.17) is 9.15 Å². The summed E-state index contributed by atoms with van der Waals surface area (Å²) in [6.45, 7) is 5.77. The van der Waals surface area contributed by atoms with Gasteiger partial charge in [-0.25, -0.2) is 5.43 Å². The number of ether oxygens (including phenoxy) is 1. The molecule has 5 nitrogen and oxygen atoms in total. The van der Waals surface area contributed by atoms with Crippen LogP contribution in [0.15, 0.2) is 33.8 Å². The predicted octanol–water partition coefficient (Wildman–Crippen LogP) is 4.35. The molecule has 0 fully saturated rings. The van der Waals surface area contributed by atoms with Crippen LogP contribution in [-0.2, 0) is 0 Å². The Morgan fingerprint density at radius 1 is 1.30 bits per heavy atom. The van der Waals surface area contributed by atoms with E-state index in [-0.39, 0.29) is 17.8 Å². The van der Waals surface area contributed by atoms with Crippen LogP contribution in [0.1, 0.15) is 35.7 Å². The van der Waals surface area contributed by atoms with Gasteiger partial charge in [-0.2, -0.15) is 5.10 Å². The summed E-state index contributed by atoms with van der Waals surface area (Å²) in [5.41, 5.74) is 3.33. The molecule has 1 amide bonds. The van der Waals surface area contributed by atoms with Crippen molar-refractivity contribution < 1.29 is 13.9 Å². The maximum Gasteiger partial charge on any atom is 0.307 e. The van der Waals surface area contributed by atoms with Crippen molar-refractivity contribution in [3.63, 3.8) is 0 Å². The summed E-state index contributed by atoms with van der Waals surface area (Å²) in [7, 11) is 0. The van der Waals surface area contributed by atoms with Crippen molar-refractivity contribution in [1.82, 2.24) is 5.43 Å². The number of amides is 1. The Morgan fingerprint density at radius 2 is 1.96 bits per heavy atom. The smallest absolute Gasteiger partial charge is 0.307 e. The summed E-state index contributed by atoms with van der Waals surface area (Å²) in [6, 6.07) is 7.25. The van der Waals surface area contributed by atoms with Crippen molar-refractivity contribution in [3.05, 3.63) is 48.5 Å². The topological polar surface area (TPSA) is 63.8 Å². The molecule has 1 aromatic carbocycles. The Labute approximate surface area is 162 Å². The second-order valence-electron chi connectivity index (χ2n) is 5.09. The zero-order chi connectivity index (χ0) is 17.0. The number of hydrazone groups is 1. The van der Waals surface area contributed by atoms with Crippen molar-refractivity contribution in [3.8, 4) is 5.75 Å². The first-order valence-corrected chi connectivity index (χ1v) is 9.08. The normalized spacial score (nSPS) is 11.2. The lowest BCUT2D eigenvalue weighted by Gasteiger charge is -2.14. The standard InChI is InChI=1S/C16H16I2N2O3/c1-9(2)22-15-12(17)6-11(7-13(15)18)8-19-20-16(21)14-5-4-10(3)23-14/h4-9H,1-3H3,(H,20,21)/b19-8-. The van der Waals surface area contributed by atoms with Gasteiger partial charge in [0.15, 0.2) is 5.76 Å². The van der Waals surface area contributed by atoms with Crippen LogP contribution >= 0.6 is 45.2 Å². The molecule has 0 aliphatic carbocycles. The third-order valence-corrected chi connectivity index (χ3v) is 4.32. The molecule has 0 aliphatic heterocycles. The number of benzene rings is 1. The molecule has 23 heavy (non-hydrogen) atoms. The molecule has 1 N–H and O–H groups in total. The van der Waals surface area contributed by atoms with Crippen LogP contribution in [0, 0.1) is 14.1 Å². The fourth-order valence-corrected chi connectivity index (χ4v) is 3.85. The molecule has 0 atom stereocenters. The van der Waals surface area contributed by atoms with Crippen molar-refractivity contribution >= 4 is 57.3 Å². The Hall–Kier alpha value is -1.10. The van der Waals surface area contributed by atoms with Gasteiger partial charge in [0.2, 0.25) is 0 Å². The van der Waals surface area contributed by atoms with E-state index < -0.39 is 0 Å². The lowest BCUT2D eigenvalue weighted by molar-refractivity contribution is 0.0926. The molecule has 1 aromatic heterocycles. The van der Waals surface area contributed by atoms with Crippen LogP contribution in [0.2, 0.25) is 0 Å². The quantitative estimate of drug-likeness (QED) is 0.350. The maximum absolute atomic E-state index is 11.8. The maximum atomic E-state index is 11.8. The fraction of sp³-hybridized carbons (Fsp3) is 0.250. The van der Waals surface area contributed by atoms with Gasteiger partial charge in [0.1, 0.15) is 11.5 Å². The molecule has 0 unspecified atom stereocenters. The summed E-state index contributed by atoms with van der Waals surface area (Å²) in [5.74, 6) is 1.42. The van der Waals surface area contributed by atoms with Crippen LogP contribution in [0.4, 0.5) is 0 Å². The van der Waals surface area contributed by atoms with Crippen LogP contribution in [-0.4, -0.2) is 18.2 Å². The van der Waals surface area contributed by atoms with Crippen LogP contribution in [0.25, 0.3) is 0 Å². The molecule has 1 heterocycles. The van der Waals surface area contributed by atoms with E-state index in [1.165, 1.54) is 0 Å². The molecule has 7 heteroatoms. The SMILES string of the molecule is Cc1ccc(C(=O)N/N=C\c2cc(I)c(OC(C)C)c(I)c2)o1. The highest BCUT2D eigenvalue weighted by atomic mass is 127. The van der Waals surface area contributed by atoms with E-state index in [1.54, 1.807) is 25.3 Å². The fourth-order valence-electron chi connectivity index (χ4n) is 1.78. The monoisotopic (exact) mass is 538 g/mol. The van der Waals surface area contributed by atoms with Gasteiger partial charge in [-0.05, 0) is 95.8 Å². The zero-order valence-corrected chi connectivity index (χ0v) is 17.2. The third kappa shape index (κ3) is 5.20. The summed E-state index contributed by atoms with van der Waals surface area (Å²) < 4.78 is 13.0. The van der Waals surface area contributed by atoms with E-state index in [2.05, 4.69) is 55.7 Å². The average molecular weight is 538 g/mol. The Kier molecular flexibility index (Phi) is 6.45. The molecular formula is C16H16I2N2O3. The van der Waals surface area contributed by atoms with Crippen LogP contribution in [0.5, 0.6) is 5.75 Å². The van der Waals surface area contributed by atoms with Gasteiger partial charge < -0.3 is 9.15 Å². The number of halogens is 2. The molecule has 0 spiro atoms. The second-order valence-corrected chi connectivity index (χ2v) is 7.41. The van der Waals surface area contributed by atoms with Crippen molar-refractivity contribution in [2.24, 2.45) is 5.10 Å². The second kappa shape index (κ2) is 8.13. The van der Waals surface area contributed by atoms with E-state index in [0.717, 1.165) is 18.5 Å². The van der Waals surface area contributed by atoms with Crippen LogP contribution < -0.4 is 10.2 Å². The molecular weight excluding hydrogens is 522 g/mol. The Morgan fingerprint density at radius 3 is 2.48 bits per heavy atom. The largest absolute Gasteiger partial charge is 0.489 e. The first kappa shape index (κ1) is 18.2. The molecule has 0 bridgehead atoms. The number of furan rings is 1. The summed E-state index contributed by atoms with van der Waals surface area (Å²) >= 11 is 4.46. The van der Waals surface area contributed by atoms with E-state index in [1.807, 2.05) is 26.0 Å². The summed E-state index contributed by atoms with van der Waals surface area (Å²) in [4.78, 5) is 11.8. The number of carbonyl (C=O) groups excluding carboxylic acids is 1. The average Bonchev–Trinajstić information content (AvgIpc) is 2.89. The summed E-state index contributed by atoms with van der Waals surface area (Å²) in [6.07, 6.45) is 1.71. The van der Waals surface area contributed by atoms with Gasteiger partial charge in [0, 0.05) is 0 Å². The van der Waals surface area contributed by atoms with Gasteiger partial charge in [0.25, 0.3) is 0 Å². The zero-order valence-electron chi connectivity index (χ0n) is 12.9. The Bertz CT molecular complexity index is 716. The van der Waals surface area contributed by atoms with E-state index in [9.17, 15) is 4.79 Å². The first-order valence-electron chi connectivity index (χ1n) is 6.92. The number of nitrogens with one attached hydrogen (secondary N) is 1. The van der Waals surface area contributed by atoms with Gasteiger partial charge in [0.05, 0.1) is 19.5 Å². The minimum atomic E-state index is -0.376. The lowest BCUT2D eigenvalue weighted by atomic mass is 10.2. The minimum absolute atomic E-state index is 0.118. The molecule has 0 radical (unpaired) electrons. The molecule has 0 saturated carbocycles. The minimum Gasteiger partial charge on any atom is -0.489 e. The number of rotatable bonds is 5. The predicted molar refractivity (Wildman–Crippen MR) is 106 cm³/mol. The number of nitrogens with zero attached hydrogens (tertiary/aromatic N) is 1. The highest BCUT2D eigenvalue weighted by molar-refractivity contribution is 14.1. The van der Waals surface area contributed by atoms with Crippen molar-refractivity contribution in [1.29, 1.82) is 0 Å². The molecule has 2 aromatic rings. The number of hydrogen-bond acceptors (Lipinski definition) is 4. The number of hydrogen-bond donors (Lipinski definition) is 1. The Balaban J connectivity index is 2.06. The highest BCUT2D eigenvalue weighted by Crippen LogP contribution is 2.29. The third-order valence-electron chi connectivity index (χ3n) is 2.72. The number of aryl methyl sites for hydroxylation is 1. The molecule has 0 aliphatic rings. The molecule has 2 rings (SSSR count). The summed E-state index contributed by atoms with van der Waals surface area (Å²) in [5, 5.41) is 3.97.